The van der Waals surface area contributed by atoms with Gasteiger partial charge in [0.05, 0.1) is 42.7 Å². The van der Waals surface area contributed by atoms with Gasteiger partial charge in [0.2, 0.25) is 0 Å². The largest absolute Gasteiger partial charge is 0.504 e. The maximum absolute atomic E-state index is 12.1. The summed E-state index contributed by atoms with van der Waals surface area (Å²) in [5, 5.41) is 49.3. The van der Waals surface area contributed by atoms with Gasteiger partial charge in [0, 0.05) is 47.5 Å². The topological polar surface area (TPSA) is 269 Å². The van der Waals surface area contributed by atoms with Crippen molar-refractivity contribution >= 4 is 29.6 Å². The van der Waals surface area contributed by atoms with Crippen LogP contribution in [-0.4, -0.2) is 58.9 Å². The van der Waals surface area contributed by atoms with E-state index in [0.29, 0.717) is 81.3 Å². The molecule has 0 amide bonds. The van der Waals surface area contributed by atoms with Crippen LogP contribution in [0, 0.1) is 68.8 Å². The third-order valence-corrected chi connectivity index (χ3v) is 14.8. The summed E-state index contributed by atoms with van der Waals surface area (Å²) in [6, 6.07) is 62.2. The zero-order valence-electron chi connectivity index (χ0n) is 63.9. The van der Waals surface area contributed by atoms with E-state index in [0.717, 1.165) is 72.9 Å². The Labute approximate surface area is 651 Å². The molecule has 10 rings (SSSR count). The standard InChI is InChI=1S/C15H16O.C14H13NO5.C14H11NO5.C14H14O.C8H8O3.2C7H12.C6H4FNO2.C4H8.CH4/c1-3-13-9-10-15(12(2)11-13)16-14-7-5-4-6-8-14;2*1-19-14-8-10(9-16)2-7-13(14)20-12-5-3-11(4-6-12)15(17)18;1-11-8-9-14(12(2)10-11)15-13-6-4-3-5-7-13;1-11-8-4-6(5-9)2-3-7(8)10;2*1-4-6-7(3)5-2;7-5-1-3-6(4-2-5)8(9)10;1-3-4-2;/h4-11H,3H2,1-2H3;2-8,16H,9H2,1H3;2-9H,1H3;3-10H,1-2H3;2-5,10H,1H3;2*4-5,7H,1-2,6H2,3H3;1-4H;3H,1,4H2,2H3;1H4. The molecule has 0 fully saturated rings. The third kappa shape index (κ3) is 38.2. The highest BCUT2D eigenvalue weighted by Crippen LogP contribution is 2.35. The molecule has 2 unspecified atom stereocenters. The number of nitrogens with zero attached hydrogens (tertiary/aromatic N) is 3. The van der Waals surface area contributed by atoms with Gasteiger partial charge in [-0.05, 0) is 202 Å². The van der Waals surface area contributed by atoms with Gasteiger partial charge in [-0.25, -0.2) is 4.39 Å². The first-order valence-corrected chi connectivity index (χ1v) is 34.5. The molecule has 0 heterocycles. The number of para-hydroxylation sites is 2. The van der Waals surface area contributed by atoms with Crippen molar-refractivity contribution in [2.45, 2.75) is 88.2 Å². The second kappa shape index (κ2) is 55.2. The van der Waals surface area contributed by atoms with Crippen molar-refractivity contribution < 1.29 is 72.1 Å². The Morgan fingerprint density at radius 3 is 1.14 bits per heavy atom. The van der Waals surface area contributed by atoms with Crippen LogP contribution >= 0.6 is 0 Å². The van der Waals surface area contributed by atoms with E-state index in [2.05, 4.69) is 106 Å². The number of carbonyl (C=O) groups is 2. The average Bonchev–Trinajstić information content (AvgIpc) is 0.863. The Kier molecular flexibility index (Phi) is 47.6. The van der Waals surface area contributed by atoms with E-state index < -0.39 is 20.6 Å². The number of non-ortho nitro benzene ring substituents is 3. The maximum atomic E-state index is 12.1. The Hall–Kier alpha value is -13.3. The van der Waals surface area contributed by atoms with E-state index in [9.17, 15) is 44.3 Å². The second-order valence-electron chi connectivity index (χ2n) is 23.4. The summed E-state index contributed by atoms with van der Waals surface area (Å²) in [4.78, 5) is 50.5. The fraction of sp³-hybridized carbons (Fsp3) is 0.200. The highest BCUT2D eigenvalue weighted by atomic mass is 19.1. The number of aromatic hydroxyl groups is 1. The highest BCUT2D eigenvalue weighted by molar-refractivity contribution is 5.77. The number of nitro groups is 3. The van der Waals surface area contributed by atoms with Crippen molar-refractivity contribution in [1.82, 2.24) is 0 Å². The lowest BCUT2D eigenvalue weighted by atomic mass is 10.1. The van der Waals surface area contributed by atoms with Gasteiger partial charge in [-0.1, -0.05) is 138 Å². The zero-order valence-corrected chi connectivity index (χ0v) is 63.9. The molecule has 0 spiro atoms. The summed E-state index contributed by atoms with van der Waals surface area (Å²) in [5.41, 5.74) is 6.50. The Morgan fingerprint density at radius 1 is 0.432 bits per heavy atom. The van der Waals surface area contributed by atoms with Crippen LogP contribution in [0.15, 0.2) is 288 Å². The lowest BCUT2D eigenvalue weighted by Gasteiger charge is -2.11. The number of allylic oxidation sites excluding steroid dienone is 5. The molecule has 0 radical (unpaired) electrons. The van der Waals surface area contributed by atoms with E-state index >= 15 is 0 Å². The molecule has 0 saturated carbocycles. The third-order valence-electron chi connectivity index (χ3n) is 14.8. The molecule has 2 atom stereocenters. The number of benzene rings is 10. The lowest BCUT2D eigenvalue weighted by molar-refractivity contribution is -0.385. The number of phenols is 1. The predicted octanol–water partition coefficient (Wildman–Crippen LogP) is 24.5. The van der Waals surface area contributed by atoms with E-state index in [-0.39, 0.29) is 36.8 Å². The van der Waals surface area contributed by atoms with Crippen LogP contribution in [0.4, 0.5) is 21.5 Å². The van der Waals surface area contributed by atoms with E-state index in [4.69, 9.17) is 43.4 Å². The van der Waals surface area contributed by atoms with Crippen molar-refractivity contribution in [3.05, 3.63) is 363 Å². The summed E-state index contributed by atoms with van der Waals surface area (Å²) >= 11 is 0. The van der Waals surface area contributed by atoms with Crippen LogP contribution in [0.3, 0.4) is 0 Å². The van der Waals surface area contributed by atoms with Crippen LogP contribution in [0.1, 0.15) is 103 Å². The molecular weight excluding hydrogens is 1410 g/mol. The molecule has 0 aliphatic heterocycles. The molecule has 20 nitrogen and oxygen atoms in total. The van der Waals surface area contributed by atoms with Gasteiger partial charge >= 0.3 is 0 Å². The van der Waals surface area contributed by atoms with Gasteiger partial charge in [0.15, 0.2) is 34.5 Å². The molecule has 0 aliphatic rings. The van der Waals surface area contributed by atoms with E-state index in [1.807, 2.05) is 103 Å². The molecule has 2 N–H and O–H groups in total. The number of hydrogen-bond donors (Lipinski definition) is 2. The molecule has 10 aromatic carbocycles. The number of aliphatic hydroxyl groups is 1. The van der Waals surface area contributed by atoms with Gasteiger partial charge in [-0.3, -0.25) is 39.9 Å². The normalized spacial score (nSPS) is 9.98. The van der Waals surface area contributed by atoms with Crippen molar-refractivity contribution in [1.29, 1.82) is 0 Å². The number of carbonyl (C=O) groups excluding carboxylic acids is 2. The quantitative estimate of drug-likeness (QED) is 0.0233. The molecule has 111 heavy (non-hydrogen) atoms. The minimum Gasteiger partial charge on any atom is -0.504 e. The SMILES string of the molecule is C.C=CCC.C=CCC(C)C=C.C=CCC(C)C=C.CCc1ccc(Oc2ccccc2)c(C)c1.COc1cc(C=O)ccc1O.COc1cc(C=O)ccc1Oc1ccc([N+](=O)[O-])cc1.COc1cc(CO)ccc1Oc1ccc([N+](=O)[O-])cc1.Cc1ccc(Oc2ccccc2)c(C)c1.O=[N+]([O-])c1ccc(F)cc1. The number of nitro benzene ring substituents is 3. The van der Waals surface area contributed by atoms with Crippen LogP contribution in [0.2, 0.25) is 0 Å². The lowest BCUT2D eigenvalue weighted by Crippen LogP contribution is -1.93. The fourth-order valence-corrected chi connectivity index (χ4v) is 8.50. The number of methoxy groups -OCH3 is 3. The molecule has 0 aliphatic carbocycles. The molecule has 10 aromatic rings. The Balaban J connectivity index is 0.000000644. The van der Waals surface area contributed by atoms with Crippen molar-refractivity contribution in [2.24, 2.45) is 11.8 Å². The van der Waals surface area contributed by atoms with Crippen LogP contribution in [0.25, 0.3) is 0 Å². The predicted molar refractivity (Wildman–Crippen MR) is 442 cm³/mol. The average molecular weight is 1520 g/mol. The summed E-state index contributed by atoms with van der Waals surface area (Å²) in [5.74, 6) is 7.38. The number of aldehydes is 2. The molecule has 0 saturated heterocycles. The van der Waals surface area contributed by atoms with E-state index in [1.54, 1.807) is 36.4 Å². The van der Waals surface area contributed by atoms with Crippen molar-refractivity contribution in [3.63, 3.8) is 0 Å². The van der Waals surface area contributed by atoms with Crippen LogP contribution in [0.5, 0.6) is 69.0 Å². The summed E-state index contributed by atoms with van der Waals surface area (Å²) in [6.45, 7) is 32.5. The number of ether oxygens (including phenoxy) is 7. The van der Waals surface area contributed by atoms with Gasteiger partial charge in [0.25, 0.3) is 17.1 Å². The molecule has 21 heteroatoms. The number of rotatable bonds is 25. The van der Waals surface area contributed by atoms with E-state index in [1.165, 1.54) is 110 Å². The number of phenolic OH excluding ortho intramolecular Hbond substituents is 1. The summed E-state index contributed by atoms with van der Waals surface area (Å²) in [7, 11) is 4.40. The highest BCUT2D eigenvalue weighted by Gasteiger charge is 2.12. The summed E-state index contributed by atoms with van der Waals surface area (Å²) in [6.07, 6.45) is 15.2. The van der Waals surface area contributed by atoms with Gasteiger partial charge in [0.1, 0.15) is 52.9 Å². The monoisotopic (exact) mass is 1520 g/mol. The number of hydrogen-bond acceptors (Lipinski definition) is 17. The molecule has 586 valence electrons. The van der Waals surface area contributed by atoms with Gasteiger partial charge < -0.3 is 43.4 Å². The van der Waals surface area contributed by atoms with Crippen LogP contribution < -0.4 is 33.2 Å². The number of aliphatic hydroxyl groups excluding tert-OH is 1. The van der Waals surface area contributed by atoms with Crippen molar-refractivity contribution in [2.75, 3.05) is 21.3 Å². The van der Waals surface area contributed by atoms with Gasteiger partial charge in [-0.2, -0.15) is 0 Å². The van der Waals surface area contributed by atoms with Crippen molar-refractivity contribution in [3.8, 4) is 69.0 Å². The zero-order chi connectivity index (χ0) is 81.8. The second-order valence-corrected chi connectivity index (χ2v) is 23.4. The number of aryl methyl sites for hydroxylation is 4. The fourth-order valence-electron chi connectivity index (χ4n) is 8.50. The number of halogens is 1. The molecular formula is C90H102FN3O17. The Morgan fingerprint density at radius 2 is 0.784 bits per heavy atom. The summed E-state index contributed by atoms with van der Waals surface area (Å²) < 4.78 is 50.0. The Bertz CT molecular complexity index is 4420. The smallest absolute Gasteiger partial charge is 0.269 e. The minimum absolute atomic E-state index is 0. The minimum atomic E-state index is -0.570. The first kappa shape index (κ1) is 95.7. The van der Waals surface area contributed by atoms with Crippen LogP contribution in [-0.2, 0) is 13.0 Å². The van der Waals surface area contributed by atoms with Gasteiger partial charge in [-0.15, -0.1) is 32.9 Å². The molecule has 0 aromatic heterocycles. The molecule has 0 bridgehead atoms. The first-order valence-electron chi connectivity index (χ1n) is 34.5. The first-order chi connectivity index (χ1) is 52.8. The maximum Gasteiger partial charge on any atom is 0.269 e.